The molecule has 4 nitrogen and oxygen atoms in total. The van der Waals surface area contributed by atoms with Gasteiger partial charge in [-0.2, -0.15) is 0 Å². The van der Waals surface area contributed by atoms with Crippen molar-refractivity contribution < 1.29 is 4.79 Å². The Kier molecular flexibility index (Phi) is 5.96. The molecule has 3 rings (SSSR count). The number of amides is 1. The van der Waals surface area contributed by atoms with Crippen LogP contribution in [0.1, 0.15) is 37.5 Å². The smallest absolute Gasteiger partial charge is 0.253 e. The van der Waals surface area contributed by atoms with Crippen LogP contribution in [0.15, 0.2) is 41.1 Å². The molecule has 1 atom stereocenters. The fraction of sp³-hybridized carbons (Fsp3) is 0.350. The molecule has 138 valence electrons. The Morgan fingerprint density at radius 3 is 2.54 bits per heavy atom. The van der Waals surface area contributed by atoms with Crippen molar-refractivity contribution in [1.29, 1.82) is 0 Å². The summed E-state index contributed by atoms with van der Waals surface area (Å²) in [4.78, 5) is 17.5. The molecule has 0 aliphatic heterocycles. The number of rotatable bonds is 7. The van der Waals surface area contributed by atoms with Crippen LogP contribution in [-0.2, 0) is 6.54 Å². The maximum Gasteiger partial charge on any atom is 0.253 e. The second-order valence-electron chi connectivity index (χ2n) is 6.66. The van der Waals surface area contributed by atoms with Crippen molar-refractivity contribution in [2.75, 3.05) is 20.6 Å². The molecule has 6 heteroatoms. The van der Waals surface area contributed by atoms with Crippen molar-refractivity contribution >= 4 is 28.6 Å². The van der Waals surface area contributed by atoms with Crippen LogP contribution in [0.4, 0.5) is 0 Å². The summed E-state index contributed by atoms with van der Waals surface area (Å²) in [6, 6.07) is 10.5. The molecular weight excluding hydrogens is 362 g/mol. The number of nitrogens with zero attached hydrogens (tertiary/aromatic N) is 2. The summed E-state index contributed by atoms with van der Waals surface area (Å²) in [5, 5.41) is 7.29. The largest absolute Gasteiger partial charge is 0.350 e. The highest BCUT2D eigenvalue weighted by atomic mass is 32.1. The van der Waals surface area contributed by atoms with Crippen molar-refractivity contribution in [2.45, 2.75) is 26.4 Å². The van der Waals surface area contributed by atoms with Gasteiger partial charge in [-0.25, -0.2) is 0 Å². The molecule has 3 heterocycles. The van der Waals surface area contributed by atoms with Crippen LogP contribution in [0, 0.1) is 13.8 Å². The van der Waals surface area contributed by atoms with Gasteiger partial charge in [-0.05, 0) is 56.9 Å². The minimum absolute atomic E-state index is 0.000985. The zero-order chi connectivity index (χ0) is 18.7. The minimum atomic E-state index is -0.000985. The number of carbonyl (C=O) groups excluding carboxylic acids is 1. The first kappa shape index (κ1) is 18.9. The Bertz CT molecular complexity index is 848. The lowest BCUT2D eigenvalue weighted by atomic mass is 10.2. The van der Waals surface area contributed by atoms with Crippen molar-refractivity contribution in [1.82, 2.24) is 14.8 Å². The van der Waals surface area contributed by atoms with Gasteiger partial charge in [-0.1, -0.05) is 12.1 Å². The summed E-state index contributed by atoms with van der Waals surface area (Å²) >= 11 is 3.47. The second-order valence-corrected chi connectivity index (χ2v) is 8.67. The standard InChI is InChI=1S/C20H25N3OS2/c1-14-11-17(15(2)23(14)13-16-7-5-9-25-16)20(24)21-12-18(22(3)4)19-8-6-10-26-19/h5-11,18H,12-13H2,1-4H3,(H,21,24). The summed E-state index contributed by atoms with van der Waals surface area (Å²) in [6.45, 7) is 5.50. The summed E-state index contributed by atoms with van der Waals surface area (Å²) in [6.07, 6.45) is 0. The van der Waals surface area contributed by atoms with Crippen LogP contribution < -0.4 is 5.32 Å². The first-order valence-corrected chi connectivity index (χ1v) is 10.4. The quantitative estimate of drug-likeness (QED) is 0.656. The molecule has 3 aromatic rings. The molecule has 0 aliphatic carbocycles. The number of hydrogen-bond acceptors (Lipinski definition) is 4. The average Bonchev–Trinajstić information content (AvgIpc) is 3.34. The number of aryl methyl sites for hydroxylation is 1. The van der Waals surface area contributed by atoms with Crippen LogP contribution >= 0.6 is 22.7 Å². The van der Waals surface area contributed by atoms with Crippen LogP contribution in [0.2, 0.25) is 0 Å². The van der Waals surface area contributed by atoms with Gasteiger partial charge >= 0.3 is 0 Å². The second kappa shape index (κ2) is 8.20. The van der Waals surface area contributed by atoms with E-state index in [2.05, 4.69) is 56.7 Å². The van der Waals surface area contributed by atoms with Crippen LogP contribution in [0.25, 0.3) is 0 Å². The van der Waals surface area contributed by atoms with E-state index in [4.69, 9.17) is 0 Å². The average molecular weight is 388 g/mol. The zero-order valence-electron chi connectivity index (χ0n) is 15.7. The fourth-order valence-corrected chi connectivity index (χ4v) is 4.75. The molecule has 26 heavy (non-hydrogen) atoms. The van der Waals surface area contributed by atoms with Gasteiger partial charge in [0.2, 0.25) is 0 Å². The monoisotopic (exact) mass is 387 g/mol. The van der Waals surface area contributed by atoms with E-state index < -0.39 is 0 Å². The molecule has 0 aromatic carbocycles. The topological polar surface area (TPSA) is 37.3 Å². The van der Waals surface area contributed by atoms with Crippen LogP contribution in [-0.4, -0.2) is 36.0 Å². The number of nitrogens with one attached hydrogen (secondary N) is 1. The SMILES string of the molecule is Cc1cc(C(=O)NCC(c2cccs2)N(C)C)c(C)n1Cc1cccs1. The van der Waals surface area contributed by atoms with Crippen molar-refractivity contribution in [3.05, 3.63) is 67.8 Å². The third-order valence-electron chi connectivity index (χ3n) is 4.66. The lowest BCUT2D eigenvalue weighted by Crippen LogP contribution is -2.34. The summed E-state index contributed by atoms with van der Waals surface area (Å²) < 4.78 is 2.21. The molecule has 3 aromatic heterocycles. The summed E-state index contributed by atoms with van der Waals surface area (Å²) in [5.74, 6) is -0.000985. The number of hydrogen-bond donors (Lipinski definition) is 1. The lowest BCUT2D eigenvalue weighted by molar-refractivity contribution is 0.0941. The highest BCUT2D eigenvalue weighted by Gasteiger charge is 2.19. The van der Waals surface area contributed by atoms with Gasteiger partial charge in [0.1, 0.15) is 0 Å². The molecule has 0 aliphatic rings. The predicted molar refractivity (Wildman–Crippen MR) is 110 cm³/mol. The van der Waals surface area contributed by atoms with E-state index in [1.807, 2.05) is 27.1 Å². The maximum absolute atomic E-state index is 12.8. The first-order chi connectivity index (χ1) is 12.5. The van der Waals surface area contributed by atoms with E-state index in [0.29, 0.717) is 6.54 Å². The summed E-state index contributed by atoms with van der Waals surface area (Å²) in [7, 11) is 4.09. The minimum Gasteiger partial charge on any atom is -0.350 e. The molecule has 1 amide bonds. The van der Waals surface area contributed by atoms with E-state index >= 15 is 0 Å². The van der Waals surface area contributed by atoms with E-state index in [1.54, 1.807) is 22.7 Å². The number of thiophene rings is 2. The number of carbonyl (C=O) groups is 1. The van der Waals surface area contributed by atoms with E-state index in [1.165, 1.54) is 9.75 Å². The molecule has 0 saturated heterocycles. The third kappa shape index (κ3) is 4.09. The molecule has 0 fully saturated rings. The van der Waals surface area contributed by atoms with Crippen LogP contribution in [0.5, 0.6) is 0 Å². The third-order valence-corrected chi connectivity index (χ3v) is 6.50. The van der Waals surface area contributed by atoms with E-state index in [-0.39, 0.29) is 11.9 Å². The fourth-order valence-electron chi connectivity index (χ4n) is 3.14. The molecule has 1 N–H and O–H groups in total. The highest BCUT2D eigenvalue weighted by Crippen LogP contribution is 2.23. The number of aromatic nitrogens is 1. The van der Waals surface area contributed by atoms with Gasteiger partial charge < -0.3 is 14.8 Å². The summed E-state index contributed by atoms with van der Waals surface area (Å²) in [5.41, 5.74) is 2.90. The molecule has 0 spiro atoms. The molecule has 0 bridgehead atoms. The lowest BCUT2D eigenvalue weighted by Gasteiger charge is -2.23. The van der Waals surface area contributed by atoms with Crippen molar-refractivity contribution in [2.24, 2.45) is 0 Å². The van der Waals surface area contributed by atoms with Gasteiger partial charge in [0.05, 0.1) is 18.2 Å². The van der Waals surface area contributed by atoms with Crippen LogP contribution in [0.3, 0.4) is 0 Å². The Morgan fingerprint density at radius 1 is 1.19 bits per heavy atom. The zero-order valence-corrected chi connectivity index (χ0v) is 17.3. The first-order valence-electron chi connectivity index (χ1n) is 8.64. The molecule has 1 unspecified atom stereocenters. The van der Waals surface area contributed by atoms with Gasteiger partial charge in [0.15, 0.2) is 0 Å². The normalized spacial score (nSPS) is 12.5. The molecule has 0 radical (unpaired) electrons. The van der Waals surface area contributed by atoms with Gasteiger partial charge in [0, 0.05) is 27.7 Å². The van der Waals surface area contributed by atoms with E-state index in [0.717, 1.165) is 23.5 Å². The number of likely N-dealkylation sites (N-methyl/N-ethyl adjacent to an activating group) is 1. The Morgan fingerprint density at radius 2 is 1.92 bits per heavy atom. The predicted octanol–water partition coefficient (Wildman–Crippen LogP) is 4.31. The van der Waals surface area contributed by atoms with E-state index in [9.17, 15) is 4.79 Å². The Labute approximate surface area is 163 Å². The van der Waals surface area contributed by atoms with Gasteiger partial charge in [-0.3, -0.25) is 4.79 Å². The molecular formula is C20H25N3OS2. The Hall–Kier alpha value is -1.89. The van der Waals surface area contributed by atoms with Crippen molar-refractivity contribution in [3.63, 3.8) is 0 Å². The Balaban J connectivity index is 1.72. The van der Waals surface area contributed by atoms with Crippen molar-refractivity contribution in [3.8, 4) is 0 Å². The maximum atomic E-state index is 12.8. The highest BCUT2D eigenvalue weighted by molar-refractivity contribution is 7.10. The van der Waals surface area contributed by atoms with Gasteiger partial charge in [-0.15, -0.1) is 22.7 Å². The van der Waals surface area contributed by atoms with Gasteiger partial charge in [0.25, 0.3) is 5.91 Å². The molecule has 0 saturated carbocycles.